The molecule has 1 N–H and O–H groups in total. The minimum Gasteiger partial charge on any atom is -0.496 e. The zero-order valence-corrected chi connectivity index (χ0v) is 30.0. The summed E-state index contributed by atoms with van der Waals surface area (Å²) in [6, 6.07) is 27.3. The topological polar surface area (TPSA) is 96.4 Å². The third-order valence-corrected chi connectivity index (χ3v) is 9.94. The van der Waals surface area contributed by atoms with Gasteiger partial charge in [0, 0.05) is 12.1 Å². The van der Waals surface area contributed by atoms with Gasteiger partial charge in [0.05, 0.1) is 39.2 Å². The van der Waals surface area contributed by atoms with Crippen LogP contribution in [0.5, 0.6) is 5.75 Å². The molecule has 0 bridgehead atoms. The van der Waals surface area contributed by atoms with Gasteiger partial charge in [0.15, 0.2) is 5.78 Å². The summed E-state index contributed by atoms with van der Waals surface area (Å²) in [5, 5.41) is 10.9. The number of benzene rings is 4. The van der Waals surface area contributed by atoms with E-state index in [2.05, 4.69) is 0 Å². The lowest BCUT2D eigenvalue weighted by molar-refractivity contribution is -0.929. The van der Waals surface area contributed by atoms with Gasteiger partial charge in [0.25, 0.3) is 0 Å². The maximum absolute atomic E-state index is 14.5. The zero-order valence-electron chi connectivity index (χ0n) is 30.0. The Labute approximate surface area is 303 Å². The molecule has 0 aliphatic carbocycles. The number of Topliss-reactive ketones (excluding diaryl/α,β-unsaturated/α-hetero) is 1. The highest BCUT2D eigenvalue weighted by Gasteiger charge is 2.57. The quantitative estimate of drug-likeness (QED) is 0.152. The predicted molar refractivity (Wildman–Crippen MR) is 193 cm³/mol. The van der Waals surface area contributed by atoms with Gasteiger partial charge in [-0.15, -0.1) is 0 Å². The summed E-state index contributed by atoms with van der Waals surface area (Å²) in [6.45, 7) is 6.20. The molecule has 0 spiro atoms. The number of carboxylic acid groups (broad SMARTS) is 1. The molecule has 0 aromatic heterocycles. The Morgan fingerprint density at radius 1 is 0.885 bits per heavy atom. The number of hydrogen-bond acceptors (Lipinski definition) is 6. The van der Waals surface area contributed by atoms with Crippen LogP contribution in [0.2, 0.25) is 0 Å². The first kappa shape index (κ1) is 38.1. The molecule has 4 aromatic rings. The Bertz CT molecular complexity index is 1790. The number of quaternary nitrogens is 1. The van der Waals surface area contributed by atoms with Crippen LogP contribution in [-0.2, 0) is 22.7 Å². The van der Waals surface area contributed by atoms with E-state index in [9.17, 15) is 28.3 Å². The number of carbonyl (C=O) groups excluding carboxylic acids is 2. The van der Waals surface area contributed by atoms with Crippen LogP contribution in [0.4, 0.5) is 18.4 Å². The van der Waals surface area contributed by atoms with Crippen LogP contribution in [0, 0.1) is 11.6 Å². The Hall–Kier alpha value is -5.13. The van der Waals surface area contributed by atoms with Crippen molar-refractivity contribution in [2.45, 2.75) is 51.4 Å². The molecule has 0 radical (unpaired) electrons. The van der Waals surface area contributed by atoms with Crippen LogP contribution < -0.4 is 4.74 Å². The molecule has 1 aliphatic rings. The molecule has 274 valence electrons. The van der Waals surface area contributed by atoms with Gasteiger partial charge in [-0.1, -0.05) is 72.8 Å². The first-order valence-electron chi connectivity index (χ1n) is 17.3. The summed E-state index contributed by atoms with van der Waals surface area (Å²) in [5.41, 5.74) is 1.88. The van der Waals surface area contributed by atoms with Crippen LogP contribution in [0.15, 0.2) is 103 Å². The van der Waals surface area contributed by atoms with E-state index < -0.39 is 41.3 Å². The summed E-state index contributed by atoms with van der Waals surface area (Å²) in [7, 11) is 1.55. The van der Waals surface area contributed by atoms with Gasteiger partial charge < -0.3 is 14.6 Å². The molecular weight excluding hydrogens is 668 g/mol. The van der Waals surface area contributed by atoms with Gasteiger partial charge in [-0.05, 0) is 67.8 Å². The van der Waals surface area contributed by atoms with Crippen molar-refractivity contribution in [3.8, 4) is 5.75 Å². The number of para-hydroxylation sites is 1. The lowest BCUT2D eigenvalue weighted by atomic mass is 9.87. The number of hydrogen-bond donors (Lipinski definition) is 1. The fourth-order valence-corrected chi connectivity index (χ4v) is 7.29. The summed E-state index contributed by atoms with van der Waals surface area (Å²) >= 11 is 0. The van der Waals surface area contributed by atoms with Crippen molar-refractivity contribution in [2.24, 2.45) is 0 Å². The van der Waals surface area contributed by atoms with Crippen LogP contribution in [-0.4, -0.2) is 88.8 Å². The van der Waals surface area contributed by atoms with Crippen LogP contribution >= 0.6 is 0 Å². The molecule has 1 aliphatic heterocycles. The maximum atomic E-state index is 14.5. The van der Waals surface area contributed by atoms with Crippen LogP contribution in [0.3, 0.4) is 0 Å². The highest BCUT2D eigenvalue weighted by Crippen LogP contribution is 2.35. The number of ether oxygens (including phenoxy) is 2. The molecule has 1 fully saturated rings. The van der Waals surface area contributed by atoms with Crippen LogP contribution in [0.25, 0.3) is 0 Å². The Morgan fingerprint density at radius 2 is 1.46 bits per heavy atom. The molecule has 2 amide bonds. The van der Waals surface area contributed by atoms with E-state index in [-0.39, 0.29) is 56.1 Å². The molecular formula is C41H46F2N3O6+. The Balaban J connectivity index is 1.51. The third kappa shape index (κ3) is 8.66. The van der Waals surface area contributed by atoms with Crippen molar-refractivity contribution in [1.29, 1.82) is 0 Å². The number of carbonyl (C=O) groups is 3. The van der Waals surface area contributed by atoms with Gasteiger partial charge in [0.1, 0.15) is 42.1 Å². The molecule has 2 atom stereocenters. The fourth-order valence-electron chi connectivity index (χ4n) is 7.29. The summed E-state index contributed by atoms with van der Waals surface area (Å²) in [4.78, 5) is 44.8. The molecule has 5 rings (SSSR count). The highest BCUT2D eigenvalue weighted by atomic mass is 19.1. The highest BCUT2D eigenvalue weighted by molar-refractivity contribution is 5.90. The van der Waals surface area contributed by atoms with Crippen molar-refractivity contribution in [3.05, 3.63) is 137 Å². The summed E-state index contributed by atoms with van der Waals surface area (Å²) < 4.78 is 39.0. The van der Waals surface area contributed by atoms with E-state index in [1.165, 1.54) is 48.5 Å². The minimum absolute atomic E-state index is 0.0627. The largest absolute Gasteiger partial charge is 0.514 e. The van der Waals surface area contributed by atoms with Gasteiger partial charge in [-0.2, -0.15) is 4.79 Å². The molecule has 1 saturated heterocycles. The first-order chi connectivity index (χ1) is 24.8. The summed E-state index contributed by atoms with van der Waals surface area (Å²) in [6.07, 6.45) is -1.58. The Morgan fingerprint density at radius 3 is 2.02 bits per heavy atom. The average molecular weight is 715 g/mol. The van der Waals surface area contributed by atoms with E-state index in [0.717, 1.165) is 11.1 Å². The van der Waals surface area contributed by atoms with Crippen molar-refractivity contribution in [2.75, 3.05) is 39.8 Å². The van der Waals surface area contributed by atoms with Crippen molar-refractivity contribution < 1.29 is 42.2 Å². The first-order valence-corrected chi connectivity index (χ1v) is 17.3. The van der Waals surface area contributed by atoms with Gasteiger partial charge in [-0.25, -0.2) is 18.1 Å². The molecule has 1 heterocycles. The third-order valence-electron chi connectivity index (χ3n) is 9.94. The average Bonchev–Trinajstić information content (AvgIpc) is 3.12. The van der Waals surface area contributed by atoms with Crippen molar-refractivity contribution >= 4 is 18.0 Å². The molecule has 11 heteroatoms. The van der Waals surface area contributed by atoms with Gasteiger partial charge >= 0.3 is 12.2 Å². The Kier molecular flexibility index (Phi) is 12.1. The summed E-state index contributed by atoms with van der Waals surface area (Å²) in [5.74, 6) is -1.44. The number of amides is 2. The van der Waals surface area contributed by atoms with Gasteiger partial charge in [-0.3, -0.25) is 14.6 Å². The van der Waals surface area contributed by atoms with Crippen molar-refractivity contribution in [1.82, 2.24) is 9.80 Å². The lowest BCUT2D eigenvalue weighted by Crippen LogP contribution is -2.76. The number of methoxy groups -OCH3 is 1. The number of halogens is 2. The molecule has 1 unspecified atom stereocenters. The smallest absolute Gasteiger partial charge is 0.496 e. The van der Waals surface area contributed by atoms with E-state index in [4.69, 9.17) is 9.47 Å². The molecule has 9 nitrogen and oxygen atoms in total. The maximum Gasteiger partial charge on any atom is 0.514 e. The zero-order chi connectivity index (χ0) is 37.5. The second kappa shape index (κ2) is 16.5. The van der Waals surface area contributed by atoms with E-state index in [1.807, 2.05) is 80.3 Å². The van der Waals surface area contributed by atoms with Gasteiger partial charge in [0.2, 0.25) is 0 Å². The van der Waals surface area contributed by atoms with E-state index in [0.29, 0.717) is 16.9 Å². The standard InChI is InChI=1S/C41H45F2N3O6/c1-41(2,3)46(40(49)50)23-22-45(39(48)52-28-29-10-6-5-7-11-29)26-35(46)25-44(24-32-12-8-9-13-37(32)51-4)27-36(47)38(30-14-18-33(42)19-15-30)31-16-20-34(43)21-17-31/h5-21,35,38H,22-28H2,1-4H3/p+1/t35-,46?/m1/s1. The monoisotopic (exact) mass is 714 g/mol. The normalized spacial score (nSPS) is 17.6. The number of ketones is 1. The predicted octanol–water partition coefficient (Wildman–Crippen LogP) is 7.49. The molecule has 4 aromatic carbocycles. The van der Waals surface area contributed by atoms with E-state index in [1.54, 1.807) is 12.0 Å². The molecule has 52 heavy (non-hydrogen) atoms. The minimum atomic E-state index is -1.03. The number of piperazine rings is 1. The molecule has 0 saturated carbocycles. The van der Waals surface area contributed by atoms with Crippen LogP contribution in [0.1, 0.15) is 48.9 Å². The lowest BCUT2D eigenvalue weighted by Gasteiger charge is -2.53. The van der Waals surface area contributed by atoms with Crippen molar-refractivity contribution in [3.63, 3.8) is 0 Å². The second-order valence-electron chi connectivity index (χ2n) is 14.2. The number of nitrogens with zero attached hydrogens (tertiary/aromatic N) is 3. The van der Waals surface area contributed by atoms with E-state index >= 15 is 0 Å². The number of rotatable bonds is 12. The second-order valence-corrected chi connectivity index (χ2v) is 14.2. The SMILES string of the molecule is COc1ccccc1CN(CC(=O)C(c1ccc(F)cc1)c1ccc(F)cc1)C[C@@H]1CN(C(=O)OCc2ccccc2)CC[N+]1(C(=O)O)C(C)(C)C. The fraction of sp³-hybridized carbons (Fsp3) is 0.341.